The first-order chi connectivity index (χ1) is 19.2. The molecular weight excluding hydrogens is 490 g/mol. The van der Waals surface area contributed by atoms with Crippen molar-refractivity contribution < 1.29 is 19.0 Å². The maximum atomic E-state index is 13.2. The van der Waals surface area contributed by atoms with E-state index in [0.717, 1.165) is 46.2 Å². The van der Waals surface area contributed by atoms with Gasteiger partial charge in [-0.1, -0.05) is 54.6 Å². The van der Waals surface area contributed by atoms with Gasteiger partial charge in [-0.25, -0.2) is 4.79 Å². The van der Waals surface area contributed by atoms with Gasteiger partial charge in [0.25, 0.3) is 0 Å². The molecule has 7 nitrogen and oxygen atoms in total. The van der Waals surface area contributed by atoms with Crippen molar-refractivity contribution in [2.24, 2.45) is 0 Å². The molecule has 0 saturated carbocycles. The van der Waals surface area contributed by atoms with E-state index in [1.165, 1.54) is 16.5 Å². The highest BCUT2D eigenvalue weighted by molar-refractivity contribution is 5.93. The van der Waals surface area contributed by atoms with Crippen molar-refractivity contribution in [1.82, 2.24) is 14.9 Å². The van der Waals surface area contributed by atoms with Crippen LogP contribution in [0.3, 0.4) is 0 Å². The van der Waals surface area contributed by atoms with Gasteiger partial charge < -0.3 is 29.1 Å². The van der Waals surface area contributed by atoms with Crippen molar-refractivity contribution in [2.45, 2.75) is 32.5 Å². The van der Waals surface area contributed by atoms with Crippen LogP contribution in [-0.4, -0.2) is 28.9 Å². The standard InChI is InChI=1S/C32H29N3O4/c1-2-37-32(36)25-15-22(18-33-17-20-8-4-3-5-9-20)35-27(25)16-24-23-10-6-7-11-26(23)34-30(24)31(35)21-12-13-28-29(14-21)39-19-38-28/h3-15,31,33-34H,2,16-19H2,1H3. The normalized spacial score (nSPS) is 15.3. The van der Waals surface area contributed by atoms with Crippen LogP contribution in [0.5, 0.6) is 11.5 Å². The number of fused-ring (bicyclic) bond motifs is 5. The predicted molar refractivity (Wildman–Crippen MR) is 148 cm³/mol. The molecule has 2 aromatic heterocycles. The van der Waals surface area contributed by atoms with Gasteiger partial charge in [0.2, 0.25) is 6.79 Å². The number of H-pyrrole nitrogens is 1. The smallest absolute Gasteiger partial charge is 0.339 e. The SMILES string of the molecule is CCOC(=O)c1cc(CNCc2ccccc2)n2c1Cc1c([nH]c3ccccc13)C2c1ccc2c(c1)OCO2. The number of rotatable bonds is 7. The molecule has 7 heteroatoms. The zero-order chi connectivity index (χ0) is 26.3. The summed E-state index contributed by atoms with van der Waals surface area (Å²) in [6.45, 7) is 3.71. The van der Waals surface area contributed by atoms with Crippen molar-refractivity contribution in [3.8, 4) is 11.5 Å². The molecular formula is C32H29N3O4. The van der Waals surface area contributed by atoms with Crippen LogP contribution in [0, 0.1) is 0 Å². The highest BCUT2D eigenvalue weighted by atomic mass is 16.7. The van der Waals surface area contributed by atoms with E-state index in [0.29, 0.717) is 25.1 Å². The van der Waals surface area contributed by atoms with Gasteiger partial charge in [0.15, 0.2) is 11.5 Å². The van der Waals surface area contributed by atoms with E-state index in [1.54, 1.807) is 0 Å². The fraction of sp³-hybridized carbons (Fsp3) is 0.219. The van der Waals surface area contributed by atoms with Crippen LogP contribution in [0.2, 0.25) is 0 Å². The second-order valence-electron chi connectivity index (χ2n) is 9.93. The Balaban J connectivity index is 1.38. The summed E-state index contributed by atoms with van der Waals surface area (Å²) in [7, 11) is 0. The van der Waals surface area contributed by atoms with Crippen molar-refractivity contribution in [3.63, 3.8) is 0 Å². The van der Waals surface area contributed by atoms with Gasteiger partial charge in [-0.3, -0.25) is 0 Å². The Morgan fingerprint density at radius 3 is 2.69 bits per heavy atom. The molecule has 4 heterocycles. The van der Waals surface area contributed by atoms with Crippen molar-refractivity contribution >= 4 is 16.9 Å². The van der Waals surface area contributed by atoms with Gasteiger partial charge >= 0.3 is 5.97 Å². The minimum absolute atomic E-state index is 0.178. The molecule has 0 spiro atoms. The number of ether oxygens (including phenoxy) is 3. The third-order valence-electron chi connectivity index (χ3n) is 7.63. The molecule has 2 aliphatic heterocycles. The fourth-order valence-corrected chi connectivity index (χ4v) is 5.92. The molecule has 0 radical (unpaired) electrons. The molecule has 0 bridgehead atoms. The van der Waals surface area contributed by atoms with E-state index in [-0.39, 0.29) is 18.8 Å². The molecule has 2 N–H and O–H groups in total. The van der Waals surface area contributed by atoms with Gasteiger partial charge in [0.05, 0.1) is 18.2 Å². The summed E-state index contributed by atoms with van der Waals surface area (Å²) in [6, 6.07) is 26.6. The zero-order valence-corrected chi connectivity index (χ0v) is 21.7. The Bertz CT molecular complexity index is 1680. The van der Waals surface area contributed by atoms with Gasteiger partial charge in [-0.2, -0.15) is 0 Å². The average molecular weight is 520 g/mol. The number of hydrogen-bond donors (Lipinski definition) is 2. The van der Waals surface area contributed by atoms with Crippen molar-refractivity contribution in [3.05, 3.63) is 118 Å². The fourth-order valence-electron chi connectivity index (χ4n) is 5.92. The Kier molecular flexibility index (Phi) is 5.86. The van der Waals surface area contributed by atoms with Crippen LogP contribution in [-0.2, 0) is 24.2 Å². The van der Waals surface area contributed by atoms with Gasteiger partial charge in [-0.15, -0.1) is 0 Å². The highest BCUT2D eigenvalue weighted by Gasteiger charge is 2.35. The van der Waals surface area contributed by atoms with E-state index < -0.39 is 0 Å². The van der Waals surface area contributed by atoms with Crippen LogP contribution in [0.15, 0.2) is 78.9 Å². The lowest BCUT2D eigenvalue weighted by molar-refractivity contribution is 0.0525. The Labute approximate surface area is 226 Å². The van der Waals surface area contributed by atoms with E-state index in [9.17, 15) is 4.79 Å². The van der Waals surface area contributed by atoms with Gasteiger partial charge in [-0.05, 0) is 47.9 Å². The molecule has 2 aliphatic rings. The van der Waals surface area contributed by atoms with Gasteiger partial charge in [0.1, 0.15) is 0 Å². The van der Waals surface area contributed by atoms with E-state index in [1.807, 2.05) is 43.3 Å². The first-order valence-corrected chi connectivity index (χ1v) is 13.3. The molecule has 0 aliphatic carbocycles. The number of nitrogens with zero attached hydrogens (tertiary/aromatic N) is 1. The number of aromatic nitrogens is 2. The minimum atomic E-state index is -0.289. The molecule has 0 amide bonds. The summed E-state index contributed by atoms with van der Waals surface area (Å²) in [5, 5.41) is 4.76. The lowest BCUT2D eigenvalue weighted by atomic mass is 9.91. The lowest BCUT2D eigenvalue weighted by Gasteiger charge is -2.30. The molecule has 39 heavy (non-hydrogen) atoms. The molecule has 5 aromatic rings. The van der Waals surface area contributed by atoms with Crippen LogP contribution >= 0.6 is 0 Å². The van der Waals surface area contributed by atoms with E-state index in [2.05, 4.69) is 57.3 Å². The molecule has 1 atom stereocenters. The lowest BCUT2D eigenvalue weighted by Crippen LogP contribution is -2.26. The Hall–Kier alpha value is -4.49. The van der Waals surface area contributed by atoms with E-state index in [4.69, 9.17) is 14.2 Å². The number of carbonyl (C=O) groups is 1. The number of para-hydroxylation sites is 1. The summed E-state index contributed by atoms with van der Waals surface area (Å²) in [4.78, 5) is 17.0. The number of benzene rings is 3. The second-order valence-corrected chi connectivity index (χ2v) is 9.93. The minimum Gasteiger partial charge on any atom is -0.462 e. The molecule has 7 rings (SSSR count). The summed E-state index contributed by atoms with van der Waals surface area (Å²) < 4.78 is 19.2. The first kappa shape index (κ1) is 23.6. The third kappa shape index (κ3) is 4.06. The van der Waals surface area contributed by atoms with Crippen molar-refractivity contribution in [2.75, 3.05) is 13.4 Å². The number of nitrogens with one attached hydrogen (secondary N) is 2. The maximum absolute atomic E-state index is 13.2. The molecule has 0 fully saturated rings. The van der Waals surface area contributed by atoms with E-state index >= 15 is 0 Å². The highest BCUT2D eigenvalue weighted by Crippen LogP contribution is 2.44. The monoisotopic (exact) mass is 519 g/mol. The largest absolute Gasteiger partial charge is 0.462 e. The van der Waals surface area contributed by atoms with Crippen molar-refractivity contribution in [1.29, 1.82) is 0 Å². The topological polar surface area (TPSA) is 77.5 Å². The molecule has 3 aromatic carbocycles. The number of hydrogen-bond acceptors (Lipinski definition) is 5. The summed E-state index contributed by atoms with van der Waals surface area (Å²) >= 11 is 0. The summed E-state index contributed by atoms with van der Waals surface area (Å²) in [5.74, 6) is 1.19. The number of carbonyl (C=O) groups excluding carboxylic acids is 1. The predicted octanol–water partition coefficient (Wildman–Crippen LogP) is 5.71. The van der Waals surface area contributed by atoms with Crippen LogP contribution < -0.4 is 14.8 Å². The number of aromatic amines is 1. The quantitative estimate of drug-likeness (QED) is 0.264. The zero-order valence-electron chi connectivity index (χ0n) is 21.7. The maximum Gasteiger partial charge on any atom is 0.339 e. The van der Waals surface area contributed by atoms with Crippen LogP contribution in [0.25, 0.3) is 10.9 Å². The number of esters is 1. The summed E-state index contributed by atoms with van der Waals surface area (Å²) in [6.07, 6.45) is 0.632. The Morgan fingerprint density at radius 1 is 1.00 bits per heavy atom. The molecule has 196 valence electrons. The van der Waals surface area contributed by atoms with Crippen LogP contribution in [0.1, 0.15) is 57.1 Å². The average Bonchev–Trinajstić information content (AvgIpc) is 3.68. The molecule has 0 saturated heterocycles. The summed E-state index contributed by atoms with van der Waals surface area (Å²) in [5.41, 5.74) is 8.28. The third-order valence-corrected chi connectivity index (χ3v) is 7.63. The Morgan fingerprint density at radius 2 is 1.82 bits per heavy atom. The second kappa shape index (κ2) is 9.67. The van der Waals surface area contributed by atoms with Crippen LogP contribution in [0.4, 0.5) is 0 Å². The van der Waals surface area contributed by atoms with Gasteiger partial charge in [0, 0.05) is 47.5 Å². The molecule has 1 unspecified atom stereocenters. The first-order valence-electron chi connectivity index (χ1n) is 13.3.